The van der Waals surface area contributed by atoms with Crippen LogP contribution in [0.15, 0.2) is 18.3 Å². The van der Waals surface area contributed by atoms with Gasteiger partial charge in [0.25, 0.3) is 0 Å². The number of benzene rings is 1. The topological polar surface area (TPSA) is 27.8 Å². The largest absolute Gasteiger partial charge is 0.387 e. The Bertz CT molecular complexity index is 441. The van der Waals surface area contributed by atoms with Gasteiger partial charge in [0, 0.05) is 24.3 Å². The van der Waals surface area contributed by atoms with Crippen molar-refractivity contribution >= 4 is 16.6 Å². The van der Waals surface area contributed by atoms with E-state index in [-0.39, 0.29) is 0 Å². The molecule has 2 rings (SSSR count). The minimum Gasteiger partial charge on any atom is -0.387 e. The van der Waals surface area contributed by atoms with Crippen molar-refractivity contribution in [1.82, 2.24) is 4.98 Å². The molecule has 68 valence electrons. The number of nitrogens with one attached hydrogen (secondary N) is 2. The Balaban J connectivity index is 2.88. The molecule has 1 aromatic carbocycles. The van der Waals surface area contributed by atoms with E-state index in [1.807, 2.05) is 13.2 Å². The molecule has 0 saturated carbocycles. The van der Waals surface area contributed by atoms with Gasteiger partial charge in [-0.1, -0.05) is 6.07 Å². The van der Waals surface area contributed by atoms with Gasteiger partial charge < -0.3 is 10.3 Å². The van der Waals surface area contributed by atoms with E-state index in [9.17, 15) is 0 Å². The SMILES string of the molecule is CNc1c(C)cc(C)c2[nH]ccc12. The Kier molecular flexibility index (Phi) is 1.76. The number of hydrogen-bond acceptors (Lipinski definition) is 1. The van der Waals surface area contributed by atoms with Crippen molar-refractivity contribution in [2.24, 2.45) is 0 Å². The summed E-state index contributed by atoms with van der Waals surface area (Å²) in [5.74, 6) is 0. The molecule has 0 aliphatic rings. The third kappa shape index (κ3) is 1.10. The molecule has 0 amide bonds. The first-order valence-corrected chi connectivity index (χ1v) is 4.49. The molecule has 0 saturated heterocycles. The Morgan fingerprint density at radius 2 is 2.00 bits per heavy atom. The number of hydrogen-bond donors (Lipinski definition) is 2. The van der Waals surface area contributed by atoms with Crippen LogP contribution in [0.5, 0.6) is 0 Å². The average molecular weight is 174 g/mol. The first kappa shape index (κ1) is 8.17. The predicted molar refractivity (Wildman–Crippen MR) is 57.3 cm³/mol. The normalized spacial score (nSPS) is 10.7. The van der Waals surface area contributed by atoms with Crippen molar-refractivity contribution in [3.63, 3.8) is 0 Å². The number of H-pyrrole nitrogens is 1. The standard InChI is InChI=1S/C11H14N2/c1-7-6-8(2)11-9(4-5-13-11)10(7)12-3/h4-6,12-13H,1-3H3. The van der Waals surface area contributed by atoms with Crippen LogP contribution < -0.4 is 5.32 Å². The molecule has 2 heteroatoms. The van der Waals surface area contributed by atoms with Gasteiger partial charge >= 0.3 is 0 Å². The molecule has 0 spiro atoms. The predicted octanol–water partition coefficient (Wildman–Crippen LogP) is 2.83. The summed E-state index contributed by atoms with van der Waals surface area (Å²) in [6.45, 7) is 4.26. The molecule has 2 N–H and O–H groups in total. The lowest BCUT2D eigenvalue weighted by Crippen LogP contribution is -1.93. The second kappa shape index (κ2) is 2.80. The average Bonchev–Trinajstić information content (AvgIpc) is 2.53. The number of fused-ring (bicyclic) bond motifs is 1. The summed E-state index contributed by atoms with van der Waals surface area (Å²) >= 11 is 0. The minimum absolute atomic E-state index is 1.22. The molecule has 0 aliphatic heterocycles. The maximum atomic E-state index is 3.25. The summed E-state index contributed by atoms with van der Waals surface area (Å²) in [5.41, 5.74) is 5.06. The first-order chi connectivity index (χ1) is 6.24. The fourth-order valence-electron chi connectivity index (χ4n) is 1.92. The molecular weight excluding hydrogens is 160 g/mol. The van der Waals surface area contributed by atoms with Crippen molar-refractivity contribution < 1.29 is 0 Å². The minimum atomic E-state index is 1.22. The lowest BCUT2D eigenvalue weighted by atomic mass is 10.1. The highest BCUT2D eigenvalue weighted by atomic mass is 14.8. The number of anilines is 1. The van der Waals surface area contributed by atoms with E-state index < -0.39 is 0 Å². The molecule has 0 fully saturated rings. The van der Waals surface area contributed by atoms with Crippen LogP contribution in [0.2, 0.25) is 0 Å². The van der Waals surface area contributed by atoms with Gasteiger partial charge in [-0.2, -0.15) is 0 Å². The molecule has 0 atom stereocenters. The van der Waals surface area contributed by atoms with Crippen molar-refractivity contribution in [2.75, 3.05) is 12.4 Å². The summed E-state index contributed by atoms with van der Waals surface area (Å²) in [6.07, 6.45) is 1.98. The van der Waals surface area contributed by atoms with Gasteiger partial charge in [0.1, 0.15) is 0 Å². The van der Waals surface area contributed by atoms with E-state index in [0.717, 1.165) is 0 Å². The van der Waals surface area contributed by atoms with Crippen molar-refractivity contribution in [1.29, 1.82) is 0 Å². The third-order valence-electron chi connectivity index (χ3n) is 2.49. The number of rotatable bonds is 1. The van der Waals surface area contributed by atoms with Crippen LogP contribution in [0.4, 0.5) is 5.69 Å². The Morgan fingerprint density at radius 3 is 2.69 bits per heavy atom. The van der Waals surface area contributed by atoms with Gasteiger partial charge in [0.15, 0.2) is 0 Å². The summed E-state index contributed by atoms with van der Waals surface area (Å²) < 4.78 is 0. The molecular formula is C11H14N2. The molecule has 1 heterocycles. The molecule has 2 aromatic rings. The van der Waals surface area contributed by atoms with E-state index >= 15 is 0 Å². The van der Waals surface area contributed by atoms with Crippen LogP contribution in [0.1, 0.15) is 11.1 Å². The van der Waals surface area contributed by atoms with E-state index in [1.54, 1.807) is 0 Å². The highest BCUT2D eigenvalue weighted by molar-refractivity contribution is 5.95. The number of aromatic amines is 1. The monoisotopic (exact) mass is 174 g/mol. The fourth-order valence-corrected chi connectivity index (χ4v) is 1.92. The number of aromatic nitrogens is 1. The Labute approximate surface area is 78.0 Å². The molecule has 0 aliphatic carbocycles. The first-order valence-electron chi connectivity index (χ1n) is 4.49. The summed E-state index contributed by atoms with van der Waals surface area (Å²) in [6, 6.07) is 4.31. The van der Waals surface area contributed by atoms with Crippen LogP contribution in [0.3, 0.4) is 0 Å². The fraction of sp³-hybridized carbons (Fsp3) is 0.273. The molecule has 0 unspecified atom stereocenters. The zero-order chi connectivity index (χ0) is 9.42. The van der Waals surface area contributed by atoms with Crippen LogP contribution in [0, 0.1) is 13.8 Å². The second-order valence-corrected chi connectivity index (χ2v) is 3.40. The summed E-state index contributed by atoms with van der Waals surface area (Å²) in [7, 11) is 1.96. The van der Waals surface area contributed by atoms with E-state index in [2.05, 4.69) is 36.3 Å². The van der Waals surface area contributed by atoms with Gasteiger partial charge in [0.2, 0.25) is 0 Å². The van der Waals surface area contributed by atoms with Crippen LogP contribution in [0.25, 0.3) is 10.9 Å². The van der Waals surface area contributed by atoms with Crippen LogP contribution in [-0.2, 0) is 0 Å². The van der Waals surface area contributed by atoms with Gasteiger partial charge in [-0.05, 0) is 31.0 Å². The molecule has 2 nitrogen and oxygen atoms in total. The Hall–Kier alpha value is -1.44. The highest BCUT2D eigenvalue weighted by Crippen LogP contribution is 2.28. The zero-order valence-electron chi connectivity index (χ0n) is 8.23. The highest BCUT2D eigenvalue weighted by Gasteiger charge is 2.05. The van der Waals surface area contributed by atoms with E-state index in [0.29, 0.717) is 0 Å². The van der Waals surface area contributed by atoms with Gasteiger partial charge in [-0.3, -0.25) is 0 Å². The quantitative estimate of drug-likeness (QED) is 0.683. The maximum Gasteiger partial charge on any atom is 0.0504 e. The van der Waals surface area contributed by atoms with E-state index in [1.165, 1.54) is 27.7 Å². The third-order valence-corrected chi connectivity index (χ3v) is 2.49. The van der Waals surface area contributed by atoms with E-state index in [4.69, 9.17) is 0 Å². The molecule has 0 radical (unpaired) electrons. The van der Waals surface area contributed by atoms with Crippen LogP contribution >= 0.6 is 0 Å². The van der Waals surface area contributed by atoms with Crippen LogP contribution in [-0.4, -0.2) is 12.0 Å². The van der Waals surface area contributed by atoms with Crippen molar-refractivity contribution in [3.05, 3.63) is 29.5 Å². The lowest BCUT2D eigenvalue weighted by Gasteiger charge is -2.08. The smallest absolute Gasteiger partial charge is 0.0504 e. The summed E-state index contributed by atoms with van der Waals surface area (Å²) in [5, 5.41) is 4.51. The lowest BCUT2D eigenvalue weighted by molar-refractivity contribution is 1.37. The van der Waals surface area contributed by atoms with Gasteiger partial charge in [-0.25, -0.2) is 0 Å². The maximum absolute atomic E-state index is 3.25. The second-order valence-electron chi connectivity index (χ2n) is 3.40. The zero-order valence-corrected chi connectivity index (χ0v) is 8.23. The van der Waals surface area contributed by atoms with Crippen molar-refractivity contribution in [2.45, 2.75) is 13.8 Å². The molecule has 1 aromatic heterocycles. The van der Waals surface area contributed by atoms with Gasteiger partial charge in [0.05, 0.1) is 5.52 Å². The van der Waals surface area contributed by atoms with Crippen molar-refractivity contribution in [3.8, 4) is 0 Å². The molecule has 0 bridgehead atoms. The molecule has 13 heavy (non-hydrogen) atoms. The summed E-state index contributed by atoms with van der Waals surface area (Å²) in [4.78, 5) is 3.25. The Morgan fingerprint density at radius 1 is 1.23 bits per heavy atom. The number of aryl methyl sites for hydroxylation is 2. The van der Waals surface area contributed by atoms with Gasteiger partial charge in [-0.15, -0.1) is 0 Å².